The van der Waals surface area contributed by atoms with E-state index in [4.69, 9.17) is 0 Å². The zero-order chi connectivity index (χ0) is 12.4. The van der Waals surface area contributed by atoms with Crippen molar-refractivity contribution in [1.82, 2.24) is 5.32 Å². The Bertz CT molecular complexity index is 550. The van der Waals surface area contributed by atoms with Gasteiger partial charge < -0.3 is 5.32 Å². The Morgan fingerprint density at radius 1 is 1.11 bits per heavy atom. The van der Waals surface area contributed by atoms with Crippen LogP contribution >= 0.6 is 11.8 Å². The zero-order valence-corrected chi connectivity index (χ0v) is 11.3. The van der Waals surface area contributed by atoms with Gasteiger partial charge in [0.2, 0.25) is 0 Å². The third-order valence-electron chi connectivity index (χ3n) is 3.50. The van der Waals surface area contributed by atoms with Crippen LogP contribution in [0.3, 0.4) is 0 Å². The van der Waals surface area contributed by atoms with Crippen LogP contribution in [0.15, 0.2) is 53.4 Å². The molecular weight excluding hydrogens is 238 g/mol. The monoisotopic (exact) mass is 255 g/mol. The van der Waals surface area contributed by atoms with E-state index in [-0.39, 0.29) is 0 Å². The topological polar surface area (TPSA) is 12.0 Å². The SMILES string of the molecule is Cc1ccccc1CNC1CSc2ccccc21. The lowest BCUT2D eigenvalue weighted by Crippen LogP contribution is -2.21. The van der Waals surface area contributed by atoms with Crippen molar-refractivity contribution in [3.63, 3.8) is 0 Å². The van der Waals surface area contributed by atoms with Crippen molar-refractivity contribution in [2.24, 2.45) is 0 Å². The number of nitrogens with one attached hydrogen (secondary N) is 1. The normalized spacial score (nSPS) is 17.7. The molecule has 2 aromatic rings. The van der Waals surface area contributed by atoms with Crippen LogP contribution in [-0.2, 0) is 6.54 Å². The molecule has 0 saturated heterocycles. The van der Waals surface area contributed by atoms with Gasteiger partial charge in [0.05, 0.1) is 0 Å². The van der Waals surface area contributed by atoms with E-state index < -0.39 is 0 Å². The third-order valence-corrected chi connectivity index (χ3v) is 4.68. The molecule has 0 saturated carbocycles. The minimum Gasteiger partial charge on any atom is -0.305 e. The summed E-state index contributed by atoms with van der Waals surface area (Å²) in [4.78, 5) is 1.43. The van der Waals surface area contributed by atoms with E-state index in [2.05, 4.69) is 60.8 Å². The molecule has 2 heteroatoms. The molecule has 1 nitrogen and oxygen atoms in total. The van der Waals surface area contributed by atoms with E-state index in [9.17, 15) is 0 Å². The van der Waals surface area contributed by atoms with Crippen LogP contribution in [0.4, 0.5) is 0 Å². The third kappa shape index (κ3) is 2.31. The smallest absolute Gasteiger partial charge is 0.0429 e. The van der Waals surface area contributed by atoms with Crippen molar-refractivity contribution in [2.75, 3.05) is 5.75 Å². The summed E-state index contributed by atoms with van der Waals surface area (Å²) < 4.78 is 0. The fourth-order valence-corrected chi connectivity index (χ4v) is 3.57. The van der Waals surface area contributed by atoms with Gasteiger partial charge in [0.25, 0.3) is 0 Å². The van der Waals surface area contributed by atoms with E-state index in [0.29, 0.717) is 6.04 Å². The molecule has 0 aliphatic carbocycles. The van der Waals surface area contributed by atoms with Crippen molar-refractivity contribution in [3.8, 4) is 0 Å². The molecule has 0 radical (unpaired) electrons. The Labute approximate surface area is 113 Å². The predicted molar refractivity (Wildman–Crippen MR) is 77.9 cm³/mol. The molecule has 1 unspecified atom stereocenters. The van der Waals surface area contributed by atoms with Gasteiger partial charge in [0, 0.05) is 23.2 Å². The average molecular weight is 255 g/mol. The van der Waals surface area contributed by atoms with Gasteiger partial charge in [-0.3, -0.25) is 0 Å². The van der Waals surface area contributed by atoms with Crippen LogP contribution in [0, 0.1) is 6.92 Å². The van der Waals surface area contributed by atoms with Crippen LogP contribution in [0.1, 0.15) is 22.7 Å². The summed E-state index contributed by atoms with van der Waals surface area (Å²) in [6.07, 6.45) is 0. The van der Waals surface area contributed by atoms with Crippen LogP contribution in [-0.4, -0.2) is 5.75 Å². The highest BCUT2D eigenvalue weighted by Gasteiger charge is 2.21. The van der Waals surface area contributed by atoms with Crippen LogP contribution in [0.5, 0.6) is 0 Å². The first-order valence-electron chi connectivity index (χ1n) is 6.34. The number of hydrogen-bond acceptors (Lipinski definition) is 2. The highest BCUT2D eigenvalue weighted by Crippen LogP contribution is 2.37. The summed E-state index contributed by atoms with van der Waals surface area (Å²) in [6, 6.07) is 17.8. The molecule has 18 heavy (non-hydrogen) atoms. The number of thioether (sulfide) groups is 1. The van der Waals surface area contributed by atoms with Gasteiger partial charge in [-0.15, -0.1) is 11.8 Å². The van der Waals surface area contributed by atoms with Gasteiger partial charge in [-0.25, -0.2) is 0 Å². The maximum atomic E-state index is 3.67. The van der Waals surface area contributed by atoms with E-state index in [1.54, 1.807) is 0 Å². The van der Waals surface area contributed by atoms with E-state index in [1.807, 2.05) is 11.8 Å². The van der Waals surface area contributed by atoms with Gasteiger partial charge in [-0.05, 0) is 29.7 Å². The number of fused-ring (bicyclic) bond motifs is 1. The average Bonchev–Trinajstić information content (AvgIpc) is 2.81. The maximum absolute atomic E-state index is 3.67. The molecule has 3 rings (SSSR count). The number of rotatable bonds is 3. The van der Waals surface area contributed by atoms with Gasteiger partial charge >= 0.3 is 0 Å². The zero-order valence-electron chi connectivity index (χ0n) is 10.5. The van der Waals surface area contributed by atoms with E-state index in [0.717, 1.165) is 12.3 Å². The lowest BCUT2D eigenvalue weighted by Gasteiger charge is -2.14. The summed E-state index contributed by atoms with van der Waals surface area (Å²) in [5.41, 5.74) is 4.21. The van der Waals surface area contributed by atoms with Crippen molar-refractivity contribution in [2.45, 2.75) is 24.4 Å². The first-order valence-corrected chi connectivity index (χ1v) is 7.33. The lowest BCUT2D eigenvalue weighted by molar-refractivity contribution is 0.582. The molecule has 92 valence electrons. The molecule has 0 fully saturated rings. The summed E-state index contributed by atoms with van der Waals surface area (Å²) in [5, 5.41) is 3.67. The molecule has 1 N–H and O–H groups in total. The maximum Gasteiger partial charge on any atom is 0.0429 e. The molecule has 0 bridgehead atoms. The Kier molecular flexibility index (Phi) is 3.39. The van der Waals surface area contributed by atoms with Crippen molar-refractivity contribution in [3.05, 3.63) is 65.2 Å². The second-order valence-corrected chi connectivity index (χ2v) is 5.77. The molecule has 0 aromatic heterocycles. The van der Waals surface area contributed by atoms with Gasteiger partial charge in [-0.1, -0.05) is 42.5 Å². The Hall–Kier alpha value is -1.25. The number of hydrogen-bond donors (Lipinski definition) is 1. The van der Waals surface area contributed by atoms with Crippen molar-refractivity contribution in [1.29, 1.82) is 0 Å². The highest BCUT2D eigenvalue weighted by molar-refractivity contribution is 7.99. The first kappa shape index (κ1) is 11.8. The fraction of sp³-hybridized carbons (Fsp3) is 0.250. The molecule has 0 spiro atoms. The highest BCUT2D eigenvalue weighted by atomic mass is 32.2. The Morgan fingerprint density at radius 2 is 1.89 bits per heavy atom. The first-order chi connectivity index (χ1) is 8.84. The molecule has 1 atom stereocenters. The minimum atomic E-state index is 0.491. The number of aryl methyl sites for hydroxylation is 1. The van der Waals surface area contributed by atoms with Crippen LogP contribution in [0.2, 0.25) is 0 Å². The molecule has 0 amide bonds. The van der Waals surface area contributed by atoms with Crippen LogP contribution in [0.25, 0.3) is 0 Å². The van der Waals surface area contributed by atoms with E-state index >= 15 is 0 Å². The van der Waals surface area contributed by atoms with Gasteiger partial charge in [0.1, 0.15) is 0 Å². The number of benzene rings is 2. The molecule has 1 aliphatic heterocycles. The minimum absolute atomic E-state index is 0.491. The summed E-state index contributed by atoms with van der Waals surface area (Å²) in [5.74, 6) is 1.14. The molecule has 2 aromatic carbocycles. The van der Waals surface area contributed by atoms with Gasteiger partial charge in [-0.2, -0.15) is 0 Å². The summed E-state index contributed by atoms with van der Waals surface area (Å²) in [6.45, 7) is 3.13. The van der Waals surface area contributed by atoms with E-state index in [1.165, 1.54) is 21.6 Å². The quantitative estimate of drug-likeness (QED) is 0.891. The summed E-state index contributed by atoms with van der Waals surface area (Å²) >= 11 is 1.95. The largest absolute Gasteiger partial charge is 0.305 e. The van der Waals surface area contributed by atoms with Crippen molar-refractivity contribution >= 4 is 11.8 Å². The predicted octanol–water partition coefficient (Wildman–Crippen LogP) is 3.93. The molecule has 1 aliphatic rings. The van der Waals surface area contributed by atoms with Gasteiger partial charge in [0.15, 0.2) is 0 Å². The summed E-state index contributed by atoms with van der Waals surface area (Å²) in [7, 11) is 0. The molecule has 1 heterocycles. The molecular formula is C16H17NS. The Morgan fingerprint density at radius 3 is 2.78 bits per heavy atom. The Balaban J connectivity index is 1.71. The standard InChI is InChI=1S/C16H17NS/c1-12-6-2-3-7-13(12)10-17-15-11-18-16-9-5-4-8-14(15)16/h2-9,15,17H,10-11H2,1H3. The van der Waals surface area contributed by atoms with Crippen molar-refractivity contribution < 1.29 is 0 Å². The fourth-order valence-electron chi connectivity index (χ4n) is 2.37. The second kappa shape index (κ2) is 5.17. The second-order valence-electron chi connectivity index (χ2n) is 4.71. The lowest BCUT2D eigenvalue weighted by atomic mass is 10.1. The van der Waals surface area contributed by atoms with Crippen LogP contribution < -0.4 is 5.32 Å².